The van der Waals surface area contributed by atoms with Gasteiger partial charge in [-0.05, 0) is 49.7 Å². The van der Waals surface area contributed by atoms with E-state index in [0.717, 1.165) is 6.42 Å². The Balaban J connectivity index is 1.80. The van der Waals surface area contributed by atoms with Gasteiger partial charge in [0.05, 0.1) is 25.0 Å². The number of benzene rings is 1. The van der Waals surface area contributed by atoms with Gasteiger partial charge in [-0.3, -0.25) is 9.59 Å². The Morgan fingerprint density at radius 2 is 2.00 bits per heavy atom. The van der Waals surface area contributed by atoms with Crippen molar-refractivity contribution in [1.29, 1.82) is 0 Å². The number of amides is 1. The molecule has 7 heteroatoms. The predicted octanol–water partition coefficient (Wildman–Crippen LogP) is 4.59. The minimum atomic E-state index is -0.876. The van der Waals surface area contributed by atoms with Crippen LogP contribution in [0.1, 0.15) is 42.2 Å². The molecule has 7 nitrogen and oxygen atoms in total. The van der Waals surface area contributed by atoms with Crippen LogP contribution >= 0.6 is 0 Å². The number of ether oxygens (including phenoxy) is 1. The third-order valence-electron chi connectivity index (χ3n) is 5.06. The Morgan fingerprint density at radius 1 is 1.16 bits per heavy atom. The zero-order valence-corrected chi connectivity index (χ0v) is 17.3. The van der Waals surface area contributed by atoms with Crippen molar-refractivity contribution in [1.82, 2.24) is 4.90 Å². The second-order valence-electron chi connectivity index (χ2n) is 7.33. The summed E-state index contributed by atoms with van der Waals surface area (Å²) >= 11 is 0. The number of carbonyl (C=O) groups is 2. The van der Waals surface area contributed by atoms with Gasteiger partial charge in [0, 0.05) is 5.56 Å². The van der Waals surface area contributed by atoms with Crippen molar-refractivity contribution >= 4 is 17.4 Å². The largest absolute Gasteiger partial charge is 0.507 e. The number of Topliss-reactive ketones (excluding diaryl/α,β-unsaturated/α-hetero) is 1. The predicted molar refractivity (Wildman–Crippen MR) is 112 cm³/mol. The number of hydrogen-bond acceptors (Lipinski definition) is 6. The number of aliphatic hydroxyl groups is 1. The highest BCUT2D eigenvalue weighted by Gasteiger charge is 2.47. The number of carbonyl (C=O) groups excluding carboxylic acids is 2. The second kappa shape index (κ2) is 8.55. The van der Waals surface area contributed by atoms with Gasteiger partial charge in [0.1, 0.15) is 34.8 Å². The van der Waals surface area contributed by atoms with Crippen LogP contribution < -0.4 is 4.74 Å². The van der Waals surface area contributed by atoms with E-state index in [0.29, 0.717) is 35.2 Å². The first-order valence-electron chi connectivity index (χ1n) is 10.1. The lowest BCUT2D eigenvalue weighted by molar-refractivity contribution is -0.140. The maximum atomic E-state index is 13.0. The molecular weight excluding hydrogens is 398 g/mol. The van der Waals surface area contributed by atoms with Crippen molar-refractivity contribution in [2.45, 2.75) is 32.9 Å². The lowest BCUT2D eigenvalue weighted by Gasteiger charge is -2.22. The summed E-state index contributed by atoms with van der Waals surface area (Å²) in [6.45, 7) is 4.37. The van der Waals surface area contributed by atoms with Crippen LogP contribution in [0.25, 0.3) is 5.76 Å². The number of nitrogens with zero attached hydrogens (tertiary/aromatic N) is 1. The summed E-state index contributed by atoms with van der Waals surface area (Å²) in [5.41, 5.74) is 0.358. The molecule has 1 aliphatic heterocycles. The minimum absolute atomic E-state index is 0.0291. The zero-order chi connectivity index (χ0) is 22.0. The minimum Gasteiger partial charge on any atom is -0.507 e. The highest BCUT2D eigenvalue weighted by molar-refractivity contribution is 6.46. The number of likely N-dealkylation sites (tertiary alicyclic amines) is 1. The number of furan rings is 2. The Hall–Kier alpha value is -3.74. The molecule has 1 N–H and O–H groups in total. The fraction of sp³-hybridized carbons (Fsp3) is 0.250. The molecule has 1 unspecified atom stereocenters. The summed E-state index contributed by atoms with van der Waals surface area (Å²) < 4.78 is 16.8. The topological polar surface area (TPSA) is 93.1 Å². The molecule has 2 aromatic heterocycles. The van der Waals surface area contributed by atoms with Crippen LogP contribution in [-0.4, -0.2) is 28.3 Å². The molecule has 1 atom stereocenters. The summed E-state index contributed by atoms with van der Waals surface area (Å²) in [4.78, 5) is 27.2. The first-order chi connectivity index (χ1) is 15.0. The lowest BCUT2D eigenvalue weighted by Crippen LogP contribution is -2.28. The number of aryl methyl sites for hydroxylation is 1. The van der Waals surface area contributed by atoms with E-state index in [4.69, 9.17) is 13.6 Å². The van der Waals surface area contributed by atoms with Gasteiger partial charge in [-0.1, -0.05) is 19.1 Å². The van der Waals surface area contributed by atoms with E-state index in [9.17, 15) is 14.7 Å². The van der Waals surface area contributed by atoms with Gasteiger partial charge in [0.25, 0.3) is 11.7 Å². The van der Waals surface area contributed by atoms with E-state index in [1.54, 1.807) is 55.5 Å². The van der Waals surface area contributed by atoms with Crippen LogP contribution in [0, 0.1) is 6.92 Å². The SMILES string of the molecule is CCCOc1cccc(/C(O)=C2\C(=O)C(=O)N(Cc3ccco3)C2c2ccc(C)o2)c1. The number of rotatable bonds is 7. The van der Waals surface area contributed by atoms with Gasteiger partial charge in [-0.15, -0.1) is 0 Å². The van der Waals surface area contributed by atoms with E-state index in [2.05, 4.69) is 0 Å². The Bertz CT molecular complexity index is 1120. The highest BCUT2D eigenvalue weighted by atomic mass is 16.5. The van der Waals surface area contributed by atoms with Crippen molar-refractivity contribution in [3.8, 4) is 5.75 Å². The molecule has 0 radical (unpaired) electrons. The van der Waals surface area contributed by atoms with Crippen LogP contribution in [0.3, 0.4) is 0 Å². The molecule has 1 fully saturated rings. The van der Waals surface area contributed by atoms with E-state index >= 15 is 0 Å². The van der Waals surface area contributed by atoms with Crippen molar-refractivity contribution < 1.29 is 28.3 Å². The molecule has 1 aromatic carbocycles. The van der Waals surface area contributed by atoms with Crippen molar-refractivity contribution in [3.63, 3.8) is 0 Å². The van der Waals surface area contributed by atoms with Gasteiger partial charge in [0.15, 0.2) is 0 Å². The molecule has 0 spiro atoms. The van der Waals surface area contributed by atoms with E-state index in [1.165, 1.54) is 11.2 Å². The molecule has 1 saturated heterocycles. The standard InChI is InChI=1S/C24H23NO6/c1-3-11-29-17-7-4-6-16(13-17)22(26)20-21(19-10-9-15(2)31-19)25(24(28)23(20)27)14-18-8-5-12-30-18/h4-10,12-13,21,26H,3,11,14H2,1-2H3/b22-20+. The molecule has 1 amide bonds. The summed E-state index contributed by atoms with van der Waals surface area (Å²) in [5, 5.41) is 11.1. The molecule has 160 valence electrons. The van der Waals surface area contributed by atoms with Crippen LogP contribution in [0.2, 0.25) is 0 Å². The zero-order valence-electron chi connectivity index (χ0n) is 17.3. The summed E-state index contributed by atoms with van der Waals surface area (Å²) in [5.74, 6) is 0.336. The molecular formula is C24H23NO6. The number of aliphatic hydroxyl groups excluding tert-OH is 1. The first-order valence-corrected chi connectivity index (χ1v) is 10.1. The molecule has 3 aromatic rings. The third kappa shape index (κ3) is 3.99. The summed E-state index contributed by atoms with van der Waals surface area (Å²) in [7, 11) is 0. The maximum Gasteiger partial charge on any atom is 0.296 e. The molecule has 31 heavy (non-hydrogen) atoms. The fourth-order valence-electron chi connectivity index (χ4n) is 3.62. The monoisotopic (exact) mass is 421 g/mol. The Labute approximate surface area is 179 Å². The summed E-state index contributed by atoms with van der Waals surface area (Å²) in [6, 6.07) is 12.8. The summed E-state index contributed by atoms with van der Waals surface area (Å²) in [6.07, 6.45) is 2.34. The van der Waals surface area contributed by atoms with Crippen LogP contribution in [0.4, 0.5) is 0 Å². The Kier molecular flexibility index (Phi) is 5.66. The quantitative estimate of drug-likeness (QED) is 0.341. The van der Waals surface area contributed by atoms with E-state index in [-0.39, 0.29) is 17.9 Å². The van der Waals surface area contributed by atoms with Crippen LogP contribution in [-0.2, 0) is 16.1 Å². The fourth-order valence-corrected chi connectivity index (χ4v) is 3.62. The van der Waals surface area contributed by atoms with Gasteiger partial charge in [0.2, 0.25) is 0 Å². The normalized spacial score (nSPS) is 18.0. The lowest BCUT2D eigenvalue weighted by atomic mass is 9.99. The van der Waals surface area contributed by atoms with E-state index < -0.39 is 17.7 Å². The third-order valence-corrected chi connectivity index (χ3v) is 5.06. The Morgan fingerprint density at radius 3 is 2.68 bits per heavy atom. The average Bonchev–Trinajstić information content (AvgIpc) is 3.49. The number of ketones is 1. The van der Waals surface area contributed by atoms with Crippen LogP contribution in [0.5, 0.6) is 5.75 Å². The molecule has 4 rings (SSSR count). The first kappa shape index (κ1) is 20.5. The smallest absolute Gasteiger partial charge is 0.296 e. The average molecular weight is 421 g/mol. The maximum absolute atomic E-state index is 13.0. The molecule has 0 aliphatic carbocycles. The van der Waals surface area contributed by atoms with Crippen molar-refractivity contribution in [2.24, 2.45) is 0 Å². The van der Waals surface area contributed by atoms with Gasteiger partial charge in [-0.2, -0.15) is 0 Å². The van der Waals surface area contributed by atoms with Crippen molar-refractivity contribution in [2.75, 3.05) is 6.61 Å². The molecule has 3 heterocycles. The van der Waals surface area contributed by atoms with Crippen molar-refractivity contribution in [3.05, 3.63) is 83.2 Å². The molecule has 1 aliphatic rings. The van der Waals surface area contributed by atoms with Crippen LogP contribution in [0.15, 0.2) is 69.2 Å². The van der Waals surface area contributed by atoms with Gasteiger partial charge < -0.3 is 23.6 Å². The highest BCUT2D eigenvalue weighted by Crippen LogP contribution is 2.41. The van der Waals surface area contributed by atoms with E-state index in [1.807, 2.05) is 6.92 Å². The van der Waals surface area contributed by atoms with Gasteiger partial charge in [-0.25, -0.2) is 0 Å². The number of hydrogen-bond donors (Lipinski definition) is 1. The second-order valence-corrected chi connectivity index (χ2v) is 7.33. The molecule has 0 bridgehead atoms. The van der Waals surface area contributed by atoms with Gasteiger partial charge >= 0.3 is 0 Å². The molecule has 0 saturated carbocycles.